The quantitative estimate of drug-likeness (QED) is 0.488. The summed E-state index contributed by atoms with van der Waals surface area (Å²) in [5.41, 5.74) is 2.14. The minimum Gasteiger partial charge on any atom is -0.480 e. The standard InChI is InChI=1S/C24H26FN5O5S/c1-29-21(32)10-14-2-3-17(25)16(22(14)29)6-7-26-8-9-36-13-15-11-30(24(33)35-15)19-5-4-18-23(27-19)28-20(31)12-34-18/h2-5,15,26H,6-13H2,1H3,(H,27,28,31). The van der Waals surface area contributed by atoms with Gasteiger partial charge in [0.1, 0.15) is 17.7 Å². The number of anilines is 3. The van der Waals surface area contributed by atoms with E-state index in [1.165, 1.54) is 11.0 Å². The Morgan fingerprint density at radius 1 is 1.22 bits per heavy atom. The average Bonchev–Trinajstić information content (AvgIpc) is 3.37. The maximum atomic E-state index is 14.4. The maximum absolute atomic E-state index is 14.4. The van der Waals surface area contributed by atoms with Crippen molar-refractivity contribution in [3.8, 4) is 5.75 Å². The highest BCUT2D eigenvalue weighted by molar-refractivity contribution is 7.99. The second kappa shape index (κ2) is 10.3. The second-order valence-corrected chi connectivity index (χ2v) is 9.86. The third kappa shape index (κ3) is 4.96. The summed E-state index contributed by atoms with van der Waals surface area (Å²) in [6, 6.07) is 6.45. The van der Waals surface area contributed by atoms with E-state index in [0.29, 0.717) is 66.9 Å². The lowest BCUT2D eigenvalue weighted by Crippen LogP contribution is -2.29. The van der Waals surface area contributed by atoms with Crippen LogP contribution >= 0.6 is 11.8 Å². The molecule has 10 nitrogen and oxygen atoms in total. The molecule has 190 valence electrons. The number of nitrogens with one attached hydrogen (secondary N) is 2. The Bertz CT molecular complexity index is 1210. The van der Waals surface area contributed by atoms with Crippen LogP contribution in [-0.2, 0) is 27.2 Å². The number of ether oxygens (including phenoxy) is 2. The maximum Gasteiger partial charge on any atom is 0.415 e. The lowest BCUT2D eigenvalue weighted by Gasteiger charge is -2.19. The second-order valence-electron chi connectivity index (χ2n) is 8.71. The fraction of sp³-hybridized carbons (Fsp3) is 0.417. The molecule has 5 rings (SSSR count). The van der Waals surface area contributed by atoms with E-state index < -0.39 is 6.09 Å². The number of pyridine rings is 1. The van der Waals surface area contributed by atoms with E-state index in [-0.39, 0.29) is 30.3 Å². The predicted molar refractivity (Wildman–Crippen MR) is 133 cm³/mol. The molecule has 3 aliphatic rings. The average molecular weight is 516 g/mol. The Kier molecular flexibility index (Phi) is 6.97. The Labute approximate surface area is 211 Å². The monoisotopic (exact) mass is 515 g/mol. The fourth-order valence-electron chi connectivity index (χ4n) is 4.46. The van der Waals surface area contributed by atoms with Crippen molar-refractivity contribution in [2.75, 3.05) is 59.9 Å². The van der Waals surface area contributed by atoms with Crippen LogP contribution < -0.4 is 25.2 Å². The molecular weight excluding hydrogens is 489 g/mol. The first kappa shape index (κ1) is 24.3. The minimum absolute atomic E-state index is 0.0180. The molecule has 1 fully saturated rings. The molecule has 4 heterocycles. The first-order valence-corrected chi connectivity index (χ1v) is 12.8. The SMILES string of the molecule is CN1C(=O)Cc2ccc(F)c(CCNCCSCC3CN(c4ccc5c(n4)NC(=O)CO5)C(=O)O3)c21. The van der Waals surface area contributed by atoms with Gasteiger partial charge in [-0.3, -0.25) is 14.5 Å². The van der Waals surface area contributed by atoms with Gasteiger partial charge >= 0.3 is 6.09 Å². The molecule has 3 aliphatic heterocycles. The van der Waals surface area contributed by atoms with Gasteiger partial charge in [0.2, 0.25) is 5.91 Å². The molecule has 12 heteroatoms. The largest absolute Gasteiger partial charge is 0.480 e. The molecule has 2 aromatic rings. The van der Waals surface area contributed by atoms with Crippen molar-refractivity contribution < 1.29 is 28.2 Å². The molecule has 1 atom stereocenters. The molecule has 0 radical (unpaired) electrons. The van der Waals surface area contributed by atoms with Gasteiger partial charge in [0.15, 0.2) is 18.2 Å². The van der Waals surface area contributed by atoms with Crippen molar-refractivity contribution in [1.82, 2.24) is 10.3 Å². The van der Waals surface area contributed by atoms with Crippen LogP contribution in [0.2, 0.25) is 0 Å². The van der Waals surface area contributed by atoms with Gasteiger partial charge in [-0.1, -0.05) is 6.07 Å². The first-order valence-electron chi connectivity index (χ1n) is 11.7. The van der Waals surface area contributed by atoms with E-state index in [4.69, 9.17) is 9.47 Å². The molecular formula is C24H26FN5O5S. The normalized spacial score (nSPS) is 18.6. The fourth-order valence-corrected chi connectivity index (χ4v) is 5.35. The highest BCUT2D eigenvalue weighted by Gasteiger charge is 2.34. The Balaban J connectivity index is 1.04. The van der Waals surface area contributed by atoms with Crippen molar-refractivity contribution in [2.24, 2.45) is 0 Å². The van der Waals surface area contributed by atoms with Crippen LogP contribution in [0, 0.1) is 5.82 Å². The van der Waals surface area contributed by atoms with Crippen LogP contribution in [0.15, 0.2) is 24.3 Å². The summed E-state index contributed by atoms with van der Waals surface area (Å²) in [6.07, 6.45) is 0.0568. The number of rotatable bonds is 9. The van der Waals surface area contributed by atoms with Crippen LogP contribution in [0.4, 0.5) is 26.5 Å². The number of hydrogen-bond donors (Lipinski definition) is 2. The number of carbonyl (C=O) groups excluding carboxylic acids is 3. The highest BCUT2D eigenvalue weighted by atomic mass is 32.2. The topological polar surface area (TPSA) is 113 Å². The van der Waals surface area contributed by atoms with Gasteiger partial charge in [0.05, 0.1) is 18.7 Å². The van der Waals surface area contributed by atoms with Gasteiger partial charge < -0.3 is 25.0 Å². The van der Waals surface area contributed by atoms with Gasteiger partial charge in [-0.15, -0.1) is 0 Å². The number of aromatic nitrogens is 1. The molecule has 1 aromatic heterocycles. The molecule has 0 bridgehead atoms. The van der Waals surface area contributed by atoms with Crippen LogP contribution in [0.5, 0.6) is 5.75 Å². The number of amides is 3. The molecule has 2 N–H and O–H groups in total. The van der Waals surface area contributed by atoms with E-state index in [1.807, 2.05) is 0 Å². The van der Waals surface area contributed by atoms with Gasteiger partial charge in [0, 0.05) is 30.7 Å². The summed E-state index contributed by atoms with van der Waals surface area (Å²) in [6.45, 7) is 1.61. The highest BCUT2D eigenvalue weighted by Crippen LogP contribution is 2.33. The molecule has 0 saturated carbocycles. The lowest BCUT2D eigenvalue weighted by molar-refractivity contribution is -0.119. The summed E-state index contributed by atoms with van der Waals surface area (Å²) < 4.78 is 25.2. The predicted octanol–water partition coefficient (Wildman–Crippen LogP) is 1.96. The van der Waals surface area contributed by atoms with E-state index in [9.17, 15) is 18.8 Å². The number of benzene rings is 1. The van der Waals surface area contributed by atoms with Gasteiger partial charge in [-0.05, 0) is 36.7 Å². The Morgan fingerprint density at radius 2 is 2.08 bits per heavy atom. The number of thioether (sulfide) groups is 1. The molecule has 0 aliphatic carbocycles. The van der Waals surface area contributed by atoms with Gasteiger partial charge in [-0.25, -0.2) is 14.2 Å². The third-order valence-corrected chi connectivity index (χ3v) is 7.35. The van der Waals surface area contributed by atoms with Crippen LogP contribution in [0.25, 0.3) is 0 Å². The number of carbonyl (C=O) groups is 3. The third-order valence-electron chi connectivity index (χ3n) is 6.25. The number of hydrogen-bond acceptors (Lipinski definition) is 8. The Morgan fingerprint density at radius 3 is 2.94 bits per heavy atom. The van der Waals surface area contributed by atoms with E-state index >= 15 is 0 Å². The summed E-state index contributed by atoms with van der Waals surface area (Å²) >= 11 is 1.65. The van der Waals surface area contributed by atoms with Crippen LogP contribution in [0.3, 0.4) is 0 Å². The zero-order chi connectivity index (χ0) is 25.2. The molecule has 1 saturated heterocycles. The van der Waals surface area contributed by atoms with Gasteiger partial charge in [0.25, 0.3) is 5.91 Å². The Hall–Kier alpha value is -3.38. The smallest absolute Gasteiger partial charge is 0.415 e. The summed E-state index contributed by atoms with van der Waals surface area (Å²) in [7, 11) is 1.69. The number of fused-ring (bicyclic) bond motifs is 2. The number of halogens is 1. The lowest BCUT2D eigenvalue weighted by atomic mass is 10.0. The molecule has 1 unspecified atom stereocenters. The van der Waals surface area contributed by atoms with E-state index in [0.717, 1.165) is 11.3 Å². The van der Waals surface area contributed by atoms with E-state index in [1.54, 1.807) is 41.9 Å². The van der Waals surface area contributed by atoms with Crippen LogP contribution in [0.1, 0.15) is 11.1 Å². The zero-order valence-corrected chi connectivity index (χ0v) is 20.5. The summed E-state index contributed by atoms with van der Waals surface area (Å²) in [5, 5.41) is 5.95. The molecule has 1 aromatic carbocycles. The molecule has 36 heavy (non-hydrogen) atoms. The van der Waals surface area contributed by atoms with Crippen LogP contribution in [-0.4, -0.2) is 73.8 Å². The zero-order valence-electron chi connectivity index (χ0n) is 19.7. The summed E-state index contributed by atoms with van der Waals surface area (Å²) in [4.78, 5) is 43.1. The van der Waals surface area contributed by atoms with Crippen molar-refractivity contribution in [3.05, 3.63) is 41.2 Å². The van der Waals surface area contributed by atoms with Crippen molar-refractivity contribution in [1.29, 1.82) is 0 Å². The van der Waals surface area contributed by atoms with Gasteiger partial charge in [-0.2, -0.15) is 11.8 Å². The number of nitrogens with zero attached hydrogens (tertiary/aromatic N) is 3. The summed E-state index contributed by atoms with van der Waals surface area (Å²) in [5.74, 6) is 1.97. The minimum atomic E-state index is -0.477. The first-order chi connectivity index (χ1) is 17.4. The number of likely N-dealkylation sites (N-methyl/N-ethyl adjacent to an activating group) is 1. The molecule has 0 spiro atoms. The van der Waals surface area contributed by atoms with Crippen molar-refractivity contribution >= 4 is 47.0 Å². The van der Waals surface area contributed by atoms with Crippen molar-refractivity contribution in [2.45, 2.75) is 18.9 Å². The number of cyclic esters (lactones) is 1. The van der Waals surface area contributed by atoms with E-state index in [2.05, 4.69) is 15.6 Å². The van der Waals surface area contributed by atoms with Crippen molar-refractivity contribution in [3.63, 3.8) is 0 Å². The molecule has 3 amide bonds.